The van der Waals surface area contributed by atoms with Crippen LogP contribution in [0.5, 0.6) is 0 Å². The Morgan fingerprint density at radius 2 is 2.25 bits per heavy atom. The standard InChI is InChI=1S/C13H13BrFNO4/c1-13(12(18)19)6-20-5-10(13)16-11(17)7-2-3-9(15)8(14)4-7/h2-4,10H,5-6H2,1H3,(H,16,17)(H,18,19). The van der Waals surface area contributed by atoms with Gasteiger partial charge in [-0.3, -0.25) is 9.59 Å². The van der Waals surface area contributed by atoms with Crippen LogP contribution in [-0.4, -0.2) is 36.2 Å². The van der Waals surface area contributed by atoms with Crippen LogP contribution in [0.4, 0.5) is 4.39 Å². The van der Waals surface area contributed by atoms with Crippen molar-refractivity contribution in [2.45, 2.75) is 13.0 Å². The first-order valence-electron chi connectivity index (χ1n) is 5.91. The number of aliphatic carboxylic acids is 1. The summed E-state index contributed by atoms with van der Waals surface area (Å²) in [6.07, 6.45) is 0. The van der Waals surface area contributed by atoms with Gasteiger partial charge in [0.15, 0.2) is 0 Å². The molecule has 0 saturated carbocycles. The van der Waals surface area contributed by atoms with Crippen molar-refractivity contribution >= 4 is 27.8 Å². The summed E-state index contributed by atoms with van der Waals surface area (Å²) in [7, 11) is 0. The van der Waals surface area contributed by atoms with Crippen molar-refractivity contribution in [2.75, 3.05) is 13.2 Å². The summed E-state index contributed by atoms with van der Waals surface area (Å²) >= 11 is 3.00. The van der Waals surface area contributed by atoms with Gasteiger partial charge in [-0.2, -0.15) is 0 Å². The number of nitrogens with one attached hydrogen (secondary N) is 1. The molecule has 2 rings (SSSR count). The maximum atomic E-state index is 13.1. The zero-order valence-electron chi connectivity index (χ0n) is 10.7. The van der Waals surface area contributed by atoms with Crippen molar-refractivity contribution in [1.29, 1.82) is 0 Å². The number of hydrogen-bond acceptors (Lipinski definition) is 3. The fourth-order valence-electron chi connectivity index (χ4n) is 1.96. The SMILES string of the molecule is CC1(C(=O)O)COCC1NC(=O)c1ccc(F)c(Br)c1. The second-order valence-electron chi connectivity index (χ2n) is 4.89. The maximum absolute atomic E-state index is 13.1. The normalized spacial score (nSPS) is 25.4. The summed E-state index contributed by atoms with van der Waals surface area (Å²) in [5.74, 6) is -1.96. The van der Waals surface area contributed by atoms with Crippen LogP contribution in [0, 0.1) is 11.2 Å². The number of ether oxygens (including phenoxy) is 1. The molecule has 1 aliphatic rings. The zero-order valence-corrected chi connectivity index (χ0v) is 12.2. The van der Waals surface area contributed by atoms with E-state index in [1.54, 1.807) is 0 Å². The highest BCUT2D eigenvalue weighted by molar-refractivity contribution is 9.10. The molecule has 5 nitrogen and oxygen atoms in total. The van der Waals surface area contributed by atoms with Gasteiger partial charge in [0.05, 0.1) is 23.7 Å². The Morgan fingerprint density at radius 1 is 1.55 bits per heavy atom. The number of carbonyl (C=O) groups excluding carboxylic acids is 1. The lowest BCUT2D eigenvalue weighted by Crippen LogP contribution is -2.49. The minimum Gasteiger partial charge on any atom is -0.481 e. The Kier molecular flexibility index (Phi) is 4.10. The fourth-order valence-corrected chi connectivity index (χ4v) is 2.34. The lowest BCUT2D eigenvalue weighted by molar-refractivity contribution is -0.148. The summed E-state index contributed by atoms with van der Waals surface area (Å²) in [5.41, 5.74) is -0.912. The highest BCUT2D eigenvalue weighted by Crippen LogP contribution is 2.29. The highest BCUT2D eigenvalue weighted by Gasteiger charge is 2.47. The molecular weight excluding hydrogens is 333 g/mol. The fraction of sp³-hybridized carbons (Fsp3) is 0.385. The van der Waals surface area contributed by atoms with Gasteiger partial charge in [0.25, 0.3) is 5.91 Å². The number of rotatable bonds is 3. The van der Waals surface area contributed by atoms with Crippen molar-refractivity contribution in [3.8, 4) is 0 Å². The summed E-state index contributed by atoms with van der Waals surface area (Å²) < 4.78 is 18.4. The summed E-state index contributed by atoms with van der Waals surface area (Å²) in [4.78, 5) is 23.3. The minimum atomic E-state index is -1.16. The number of hydrogen-bond donors (Lipinski definition) is 2. The summed E-state index contributed by atoms with van der Waals surface area (Å²) in [6, 6.07) is 3.22. The molecule has 20 heavy (non-hydrogen) atoms. The largest absolute Gasteiger partial charge is 0.481 e. The zero-order chi connectivity index (χ0) is 14.9. The molecule has 0 bridgehead atoms. The number of halogens is 2. The smallest absolute Gasteiger partial charge is 0.313 e. The molecule has 2 unspecified atom stereocenters. The first-order chi connectivity index (χ1) is 9.34. The third-order valence-electron chi connectivity index (χ3n) is 3.43. The molecule has 1 aliphatic heterocycles. The molecule has 2 N–H and O–H groups in total. The molecule has 7 heteroatoms. The third kappa shape index (κ3) is 2.69. The van der Waals surface area contributed by atoms with Crippen LogP contribution in [0.3, 0.4) is 0 Å². The van der Waals surface area contributed by atoms with E-state index in [4.69, 9.17) is 4.74 Å². The van der Waals surface area contributed by atoms with Crippen LogP contribution >= 0.6 is 15.9 Å². The molecular formula is C13H13BrFNO4. The molecule has 0 spiro atoms. The minimum absolute atomic E-state index is 0.0421. The second-order valence-corrected chi connectivity index (χ2v) is 5.75. The third-order valence-corrected chi connectivity index (χ3v) is 4.04. The van der Waals surface area contributed by atoms with Crippen molar-refractivity contribution in [2.24, 2.45) is 5.41 Å². The molecule has 0 aliphatic carbocycles. The lowest BCUT2D eigenvalue weighted by atomic mass is 9.85. The van der Waals surface area contributed by atoms with Crippen molar-refractivity contribution in [1.82, 2.24) is 5.32 Å². The Hall–Kier alpha value is -1.47. The quantitative estimate of drug-likeness (QED) is 0.875. The van der Waals surface area contributed by atoms with Crippen LogP contribution in [0.15, 0.2) is 22.7 Å². The second kappa shape index (κ2) is 5.49. The van der Waals surface area contributed by atoms with Gasteiger partial charge in [-0.15, -0.1) is 0 Å². The summed E-state index contributed by atoms with van der Waals surface area (Å²) in [6.45, 7) is 1.70. The van der Waals surface area contributed by atoms with E-state index in [2.05, 4.69) is 21.2 Å². The van der Waals surface area contributed by atoms with Crippen LogP contribution in [-0.2, 0) is 9.53 Å². The number of carboxylic acid groups (broad SMARTS) is 1. The number of benzene rings is 1. The highest BCUT2D eigenvalue weighted by atomic mass is 79.9. The molecule has 1 fully saturated rings. The van der Waals surface area contributed by atoms with Gasteiger partial charge in [0.2, 0.25) is 0 Å². The van der Waals surface area contributed by atoms with E-state index in [9.17, 15) is 19.1 Å². The molecule has 0 aromatic heterocycles. The molecule has 1 aromatic rings. The van der Waals surface area contributed by atoms with Gasteiger partial charge in [-0.05, 0) is 41.1 Å². The van der Waals surface area contributed by atoms with E-state index >= 15 is 0 Å². The Balaban J connectivity index is 2.15. The van der Waals surface area contributed by atoms with Gasteiger partial charge in [0.1, 0.15) is 11.2 Å². The maximum Gasteiger partial charge on any atom is 0.313 e. The summed E-state index contributed by atoms with van der Waals surface area (Å²) in [5, 5.41) is 11.8. The number of carboxylic acids is 1. The van der Waals surface area contributed by atoms with Crippen LogP contribution in [0.1, 0.15) is 17.3 Å². The molecule has 1 saturated heterocycles. The average Bonchev–Trinajstić information content (AvgIpc) is 2.75. The van der Waals surface area contributed by atoms with Gasteiger partial charge in [-0.1, -0.05) is 0 Å². The predicted molar refractivity (Wildman–Crippen MR) is 71.9 cm³/mol. The Bertz CT molecular complexity index is 565. The Morgan fingerprint density at radius 3 is 2.85 bits per heavy atom. The number of amides is 1. The van der Waals surface area contributed by atoms with E-state index in [0.29, 0.717) is 0 Å². The van der Waals surface area contributed by atoms with Gasteiger partial charge in [0, 0.05) is 5.56 Å². The topological polar surface area (TPSA) is 75.6 Å². The van der Waals surface area contributed by atoms with Gasteiger partial charge < -0.3 is 15.2 Å². The molecule has 1 heterocycles. The van der Waals surface area contributed by atoms with Crippen LogP contribution < -0.4 is 5.32 Å². The monoisotopic (exact) mass is 345 g/mol. The molecule has 108 valence electrons. The van der Waals surface area contributed by atoms with Gasteiger partial charge >= 0.3 is 5.97 Å². The Labute approximate surface area is 123 Å². The first-order valence-corrected chi connectivity index (χ1v) is 6.71. The van der Waals surface area contributed by atoms with E-state index in [1.165, 1.54) is 25.1 Å². The van der Waals surface area contributed by atoms with E-state index in [1.807, 2.05) is 0 Å². The van der Waals surface area contributed by atoms with Gasteiger partial charge in [-0.25, -0.2) is 4.39 Å². The molecule has 2 atom stereocenters. The number of carbonyl (C=O) groups is 2. The molecule has 0 radical (unpaired) electrons. The van der Waals surface area contributed by atoms with E-state index in [0.717, 1.165) is 0 Å². The average molecular weight is 346 g/mol. The van der Waals surface area contributed by atoms with Crippen LogP contribution in [0.2, 0.25) is 0 Å². The van der Waals surface area contributed by atoms with Crippen molar-refractivity contribution < 1.29 is 23.8 Å². The van der Waals surface area contributed by atoms with E-state index < -0.39 is 29.2 Å². The lowest BCUT2D eigenvalue weighted by Gasteiger charge is -2.25. The van der Waals surface area contributed by atoms with Crippen LogP contribution in [0.25, 0.3) is 0 Å². The van der Waals surface area contributed by atoms with Crippen molar-refractivity contribution in [3.63, 3.8) is 0 Å². The molecule has 1 amide bonds. The predicted octanol–water partition coefficient (Wildman–Crippen LogP) is 1.81. The van der Waals surface area contributed by atoms with E-state index in [-0.39, 0.29) is 23.2 Å². The van der Waals surface area contributed by atoms with Crippen molar-refractivity contribution in [3.05, 3.63) is 34.1 Å². The molecule has 1 aromatic carbocycles. The first kappa shape index (κ1) is 14.9.